The van der Waals surface area contributed by atoms with Crippen molar-refractivity contribution in [1.82, 2.24) is 5.01 Å². The van der Waals surface area contributed by atoms with Crippen LogP contribution in [0.3, 0.4) is 0 Å². The van der Waals surface area contributed by atoms with Crippen LogP contribution in [-0.2, 0) is 20.8 Å². The molecule has 1 aromatic carbocycles. The Bertz CT molecular complexity index is 675. The molecule has 8 nitrogen and oxygen atoms in total. The first-order valence-electron chi connectivity index (χ1n) is 8.96. The van der Waals surface area contributed by atoms with Crippen LogP contribution in [0.5, 0.6) is 0 Å². The lowest BCUT2D eigenvalue weighted by Gasteiger charge is -2.28. The van der Waals surface area contributed by atoms with Gasteiger partial charge in [0.25, 0.3) is 5.69 Å². The van der Waals surface area contributed by atoms with Crippen molar-refractivity contribution in [2.24, 2.45) is 5.10 Å². The number of benzene rings is 1. The average molecular weight is 442 g/mol. The van der Waals surface area contributed by atoms with Crippen LogP contribution in [0.1, 0.15) is 38.2 Å². The van der Waals surface area contributed by atoms with Gasteiger partial charge in [0.15, 0.2) is 0 Å². The number of hydrogen-bond acceptors (Lipinski definition) is 7. The molecular formula is C18H24BrN3O5. The van der Waals surface area contributed by atoms with Crippen LogP contribution in [-0.4, -0.2) is 48.0 Å². The number of carbonyl (C=O) groups excluding carboxylic acids is 1. The van der Waals surface area contributed by atoms with Gasteiger partial charge in [-0.25, -0.2) is 0 Å². The molecule has 0 radical (unpaired) electrons. The minimum Gasteiger partial charge on any atom is -0.466 e. The number of halogens is 1. The molecule has 1 atom stereocenters. The topological polar surface area (TPSA) is 94.3 Å². The second kappa shape index (κ2) is 11.0. The summed E-state index contributed by atoms with van der Waals surface area (Å²) in [4.78, 5) is 22.6. The summed E-state index contributed by atoms with van der Waals surface area (Å²) >= 11 is 3.27. The largest absolute Gasteiger partial charge is 0.466 e. The highest BCUT2D eigenvalue weighted by Gasteiger charge is 2.23. The van der Waals surface area contributed by atoms with E-state index in [-0.39, 0.29) is 30.7 Å². The second-order valence-corrected chi connectivity index (χ2v) is 7.05. The normalized spacial score (nSPS) is 17.5. The van der Waals surface area contributed by atoms with Crippen molar-refractivity contribution in [2.75, 3.05) is 19.8 Å². The number of hydrogen-bond donors (Lipinski definition) is 0. The molecule has 0 N–H and O–H groups in total. The summed E-state index contributed by atoms with van der Waals surface area (Å²) in [5.74, 6) is -0.347. The third-order valence-corrected chi connectivity index (χ3v) is 4.71. The van der Waals surface area contributed by atoms with E-state index in [4.69, 9.17) is 9.47 Å². The third kappa shape index (κ3) is 6.91. The maximum absolute atomic E-state index is 11.5. The molecule has 1 aliphatic heterocycles. The quantitative estimate of drug-likeness (QED) is 0.264. The summed E-state index contributed by atoms with van der Waals surface area (Å²) in [5, 5.41) is 17.7. The van der Waals surface area contributed by atoms with Gasteiger partial charge in [-0.1, -0.05) is 15.9 Å². The molecule has 0 aromatic heterocycles. The van der Waals surface area contributed by atoms with E-state index < -0.39 is 4.92 Å². The lowest BCUT2D eigenvalue weighted by atomic mass is 10.1. The Morgan fingerprint density at radius 2 is 2.30 bits per heavy atom. The smallest absolute Gasteiger partial charge is 0.311 e. The fourth-order valence-corrected chi connectivity index (χ4v) is 3.25. The molecule has 0 spiro atoms. The third-order valence-electron chi connectivity index (χ3n) is 4.21. The molecule has 148 valence electrons. The zero-order valence-electron chi connectivity index (χ0n) is 15.3. The number of nitrogens with zero attached hydrogens (tertiary/aromatic N) is 3. The lowest BCUT2D eigenvalue weighted by Crippen LogP contribution is -2.31. The monoisotopic (exact) mass is 441 g/mol. The number of hydrazone groups is 1. The van der Waals surface area contributed by atoms with Crippen LogP contribution in [0.15, 0.2) is 27.8 Å². The lowest BCUT2D eigenvalue weighted by molar-refractivity contribution is -0.385. The van der Waals surface area contributed by atoms with Gasteiger partial charge >= 0.3 is 5.97 Å². The van der Waals surface area contributed by atoms with Gasteiger partial charge in [0.05, 0.1) is 30.1 Å². The molecule has 1 heterocycles. The van der Waals surface area contributed by atoms with E-state index in [1.165, 1.54) is 12.3 Å². The number of nitro benzene ring substituents is 1. The molecule has 1 unspecified atom stereocenters. The molecule has 27 heavy (non-hydrogen) atoms. The maximum Gasteiger partial charge on any atom is 0.311 e. The number of carbonyl (C=O) groups is 1. The number of rotatable bonds is 8. The van der Waals surface area contributed by atoms with Crippen molar-refractivity contribution in [2.45, 2.75) is 45.2 Å². The number of ether oxygens (including phenoxy) is 2. The SMILES string of the molecule is CCOC(=O)C/C=N\N(Cc1ccc(Br)cc1[N+](=O)[O-])C1CCCOCC1. The Morgan fingerprint density at radius 3 is 3.04 bits per heavy atom. The zero-order valence-corrected chi connectivity index (χ0v) is 16.9. The van der Waals surface area contributed by atoms with Gasteiger partial charge in [0, 0.05) is 36.0 Å². The highest BCUT2D eigenvalue weighted by atomic mass is 79.9. The first kappa shape index (κ1) is 21.3. The van der Waals surface area contributed by atoms with Crippen LogP contribution in [0.2, 0.25) is 0 Å². The zero-order chi connectivity index (χ0) is 19.6. The molecule has 2 rings (SSSR count). The fourth-order valence-electron chi connectivity index (χ4n) is 2.90. The van der Waals surface area contributed by atoms with E-state index in [9.17, 15) is 14.9 Å². The van der Waals surface area contributed by atoms with Gasteiger partial charge in [-0.05, 0) is 38.3 Å². The average Bonchev–Trinajstić information content (AvgIpc) is 2.91. The highest BCUT2D eigenvalue weighted by molar-refractivity contribution is 9.10. The van der Waals surface area contributed by atoms with Gasteiger partial charge in [0.1, 0.15) is 0 Å². The van der Waals surface area contributed by atoms with Crippen molar-refractivity contribution in [3.05, 3.63) is 38.3 Å². The fraction of sp³-hybridized carbons (Fsp3) is 0.556. The first-order valence-corrected chi connectivity index (χ1v) is 9.75. The van der Waals surface area contributed by atoms with E-state index in [1.807, 2.05) is 5.01 Å². The number of esters is 1. The molecule has 0 saturated carbocycles. The van der Waals surface area contributed by atoms with Crippen LogP contribution in [0, 0.1) is 10.1 Å². The van der Waals surface area contributed by atoms with Crippen LogP contribution in [0.25, 0.3) is 0 Å². The summed E-state index contributed by atoms with van der Waals surface area (Å²) in [6, 6.07) is 5.09. The van der Waals surface area contributed by atoms with E-state index in [0.717, 1.165) is 19.3 Å². The van der Waals surface area contributed by atoms with Crippen molar-refractivity contribution in [3.63, 3.8) is 0 Å². The summed E-state index contributed by atoms with van der Waals surface area (Å²) in [6.07, 6.45) is 4.13. The first-order chi connectivity index (χ1) is 13.0. The molecule has 1 aliphatic rings. The predicted molar refractivity (Wildman–Crippen MR) is 105 cm³/mol. The number of nitro groups is 1. The Morgan fingerprint density at radius 1 is 1.48 bits per heavy atom. The van der Waals surface area contributed by atoms with Crippen LogP contribution in [0.4, 0.5) is 5.69 Å². The van der Waals surface area contributed by atoms with Crippen LogP contribution >= 0.6 is 15.9 Å². The predicted octanol–water partition coefficient (Wildman–Crippen LogP) is 3.67. The molecule has 0 aliphatic carbocycles. The molecule has 1 aromatic rings. The van der Waals surface area contributed by atoms with Gasteiger partial charge in [-0.15, -0.1) is 0 Å². The summed E-state index contributed by atoms with van der Waals surface area (Å²) in [6.45, 7) is 3.68. The van der Waals surface area contributed by atoms with E-state index in [1.54, 1.807) is 19.1 Å². The molecule has 1 saturated heterocycles. The van der Waals surface area contributed by atoms with E-state index in [2.05, 4.69) is 21.0 Å². The summed E-state index contributed by atoms with van der Waals surface area (Å²) < 4.78 is 11.1. The molecule has 0 amide bonds. The molecule has 1 fully saturated rings. The van der Waals surface area contributed by atoms with Gasteiger partial charge in [0.2, 0.25) is 0 Å². The van der Waals surface area contributed by atoms with Gasteiger partial charge in [-0.3, -0.25) is 19.9 Å². The van der Waals surface area contributed by atoms with Crippen LogP contribution < -0.4 is 0 Å². The minimum absolute atomic E-state index is 0.0415. The Kier molecular flexibility index (Phi) is 8.66. The molecule has 9 heteroatoms. The van der Waals surface area contributed by atoms with Gasteiger partial charge in [-0.2, -0.15) is 5.10 Å². The summed E-state index contributed by atoms with van der Waals surface area (Å²) in [5.41, 5.74) is 0.612. The highest BCUT2D eigenvalue weighted by Crippen LogP contribution is 2.27. The van der Waals surface area contributed by atoms with Crippen molar-refractivity contribution < 1.29 is 19.2 Å². The Balaban J connectivity index is 2.20. The maximum atomic E-state index is 11.5. The van der Waals surface area contributed by atoms with E-state index >= 15 is 0 Å². The second-order valence-electron chi connectivity index (χ2n) is 6.13. The Labute approximate surface area is 166 Å². The minimum atomic E-state index is -0.392. The van der Waals surface area contributed by atoms with Crippen molar-refractivity contribution in [3.8, 4) is 0 Å². The van der Waals surface area contributed by atoms with Crippen molar-refractivity contribution in [1.29, 1.82) is 0 Å². The molecular weight excluding hydrogens is 418 g/mol. The molecule has 0 bridgehead atoms. The van der Waals surface area contributed by atoms with Crippen molar-refractivity contribution >= 4 is 33.8 Å². The van der Waals surface area contributed by atoms with Gasteiger partial charge < -0.3 is 9.47 Å². The Hall–Kier alpha value is -2.00. The standard InChI is InChI=1S/C18H24BrN3O5/c1-2-27-18(23)7-9-20-21(16-4-3-10-26-11-8-16)13-14-5-6-15(19)12-17(14)22(24)25/h5-6,9,12,16H,2-4,7-8,10-11,13H2,1H3/b20-9-. The van der Waals surface area contributed by atoms with E-state index in [0.29, 0.717) is 29.9 Å². The summed E-state index contributed by atoms with van der Waals surface area (Å²) in [7, 11) is 0.